The molecule has 0 aliphatic rings. The lowest BCUT2D eigenvalue weighted by molar-refractivity contribution is -0.115. The number of carbonyl (C=O) groups is 1. The van der Waals surface area contributed by atoms with Crippen molar-refractivity contribution in [1.29, 1.82) is 0 Å². The molecule has 2 aromatic carbocycles. The van der Waals surface area contributed by atoms with Gasteiger partial charge in [0.2, 0.25) is 5.91 Å². The largest absolute Gasteiger partial charge is 0.369 e. The minimum atomic E-state index is -0.0972. The molecule has 0 aliphatic heterocycles. The molecule has 4 aromatic rings. The average molecular weight is 563 g/mol. The zero-order valence-corrected chi connectivity index (χ0v) is 23.2. The number of aromatic amines is 1. The number of nitrogens with one attached hydrogen (secondary N) is 2. The first-order valence-corrected chi connectivity index (χ1v) is 13.2. The molecule has 37 heavy (non-hydrogen) atoms. The molecule has 0 aliphatic carbocycles. The van der Waals surface area contributed by atoms with E-state index in [1.807, 2.05) is 36.4 Å². The maximum atomic E-state index is 13.2. The van der Waals surface area contributed by atoms with Gasteiger partial charge in [0.15, 0.2) is 5.82 Å². The maximum absolute atomic E-state index is 13.2. The lowest BCUT2D eigenvalue weighted by atomic mass is 9.97. The number of aromatic nitrogens is 5. The Kier molecular flexibility index (Phi) is 8.66. The summed E-state index contributed by atoms with van der Waals surface area (Å²) in [7, 11) is 0. The van der Waals surface area contributed by atoms with Crippen molar-refractivity contribution in [2.45, 2.75) is 34.1 Å². The molecule has 0 saturated heterocycles. The number of nitrogens with zero attached hydrogens (tertiary/aromatic N) is 5. The van der Waals surface area contributed by atoms with Gasteiger partial charge in [-0.1, -0.05) is 58.0 Å². The minimum Gasteiger partial charge on any atom is -0.369 e. The van der Waals surface area contributed by atoms with Crippen LogP contribution >= 0.6 is 15.9 Å². The first-order chi connectivity index (χ1) is 17.8. The van der Waals surface area contributed by atoms with Gasteiger partial charge in [-0.25, -0.2) is 5.10 Å². The molecule has 4 rings (SSSR count). The quantitative estimate of drug-likeness (QED) is 0.246. The van der Waals surface area contributed by atoms with E-state index in [9.17, 15) is 4.79 Å². The number of hydrogen-bond donors (Lipinski definition) is 2. The third-order valence-corrected chi connectivity index (χ3v) is 6.18. The second-order valence-corrected chi connectivity index (χ2v) is 10.9. The molecule has 192 valence electrons. The van der Waals surface area contributed by atoms with Crippen LogP contribution in [-0.2, 0) is 11.2 Å². The highest BCUT2D eigenvalue weighted by Crippen LogP contribution is 2.36. The second-order valence-electron chi connectivity index (χ2n) is 9.96. The fourth-order valence-electron chi connectivity index (χ4n) is 4.38. The van der Waals surface area contributed by atoms with Crippen LogP contribution in [0.3, 0.4) is 0 Å². The monoisotopic (exact) mass is 561 g/mol. The van der Waals surface area contributed by atoms with Crippen molar-refractivity contribution in [1.82, 2.24) is 25.6 Å². The molecular formula is C28H32BrN7O. The smallest absolute Gasteiger partial charge is 0.228 e. The molecule has 2 N–H and O–H groups in total. The molecule has 8 nitrogen and oxygen atoms in total. The molecule has 0 saturated carbocycles. The van der Waals surface area contributed by atoms with Crippen molar-refractivity contribution in [3.63, 3.8) is 0 Å². The van der Waals surface area contributed by atoms with Gasteiger partial charge in [0.25, 0.3) is 0 Å². The first-order valence-electron chi connectivity index (χ1n) is 12.4. The van der Waals surface area contributed by atoms with Crippen molar-refractivity contribution < 1.29 is 4.79 Å². The summed E-state index contributed by atoms with van der Waals surface area (Å²) in [5.74, 6) is 1.43. The van der Waals surface area contributed by atoms with Gasteiger partial charge in [0.05, 0.1) is 17.8 Å². The number of tetrazole rings is 1. The number of rotatable bonds is 10. The van der Waals surface area contributed by atoms with Crippen molar-refractivity contribution in [2.75, 3.05) is 23.3 Å². The van der Waals surface area contributed by atoms with E-state index >= 15 is 0 Å². The standard InChI is InChI=1S/C28H32BrN7O/c1-18(2)16-36(17-19(3)4)26-10-9-21(23-7-5-6-8-24(23)28-32-34-35-33-28)13-25(26)31-27(37)12-20-11-22(29)15-30-14-20/h5-11,13-15,18-19H,12,16-17H2,1-4H3,(H,31,37)(H,32,33,34,35). The third-order valence-electron chi connectivity index (χ3n) is 5.75. The van der Waals surface area contributed by atoms with Crippen molar-refractivity contribution >= 4 is 33.2 Å². The molecule has 1 amide bonds. The highest BCUT2D eigenvalue weighted by atomic mass is 79.9. The van der Waals surface area contributed by atoms with E-state index in [4.69, 9.17) is 0 Å². The number of amides is 1. The van der Waals surface area contributed by atoms with Crippen molar-refractivity contribution in [3.8, 4) is 22.5 Å². The number of hydrogen-bond acceptors (Lipinski definition) is 6. The van der Waals surface area contributed by atoms with Crippen LogP contribution in [0.2, 0.25) is 0 Å². The fourth-order valence-corrected chi connectivity index (χ4v) is 4.79. The lowest BCUT2D eigenvalue weighted by Gasteiger charge is -2.31. The van der Waals surface area contributed by atoms with E-state index in [1.54, 1.807) is 12.4 Å². The average Bonchev–Trinajstić information content (AvgIpc) is 3.38. The molecule has 2 heterocycles. The van der Waals surface area contributed by atoms with Gasteiger partial charge in [0.1, 0.15) is 0 Å². The van der Waals surface area contributed by atoms with E-state index < -0.39 is 0 Å². The summed E-state index contributed by atoms with van der Waals surface area (Å²) in [6.07, 6.45) is 3.65. The summed E-state index contributed by atoms with van der Waals surface area (Å²) in [6.45, 7) is 10.6. The molecule has 0 spiro atoms. The van der Waals surface area contributed by atoms with E-state index in [1.165, 1.54) is 0 Å². The molecule has 0 fully saturated rings. The van der Waals surface area contributed by atoms with Crippen LogP contribution in [0.1, 0.15) is 33.3 Å². The van der Waals surface area contributed by atoms with Crippen molar-refractivity contribution in [2.24, 2.45) is 11.8 Å². The van der Waals surface area contributed by atoms with Crippen LogP contribution in [0.4, 0.5) is 11.4 Å². The van der Waals surface area contributed by atoms with E-state index in [2.05, 4.69) is 91.6 Å². The summed E-state index contributed by atoms with van der Waals surface area (Å²) in [6, 6.07) is 16.1. The maximum Gasteiger partial charge on any atom is 0.228 e. The van der Waals surface area contributed by atoms with Crippen LogP contribution < -0.4 is 10.2 Å². The Hall–Kier alpha value is -3.59. The predicted molar refractivity (Wildman–Crippen MR) is 151 cm³/mol. The van der Waals surface area contributed by atoms with Gasteiger partial charge in [-0.15, -0.1) is 5.10 Å². The molecule has 2 aromatic heterocycles. The zero-order valence-electron chi connectivity index (χ0n) is 21.6. The normalized spacial score (nSPS) is 11.2. The molecule has 0 atom stereocenters. The van der Waals surface area contributed by atoms with E-state index in [0.29, 0.717) is 17.7 Å². The molecule has 9 heteroatoms. The number of halogens is 1. The Bertz CT molecular complexity index is 1330. The molecule has 0 bridgehead atoms. The van der Waals surface area contributed by atoms with Gasteiger partial charge in [-0.3, -0.25) is 9.78 Å². The van der Waals surface area contributed by atoms with E-state index in [-0.39, 0.29) is 12.3 Å². The van der Waals surface area contributed by atoms with Crippen LogP contribution in [0, 0.1) is 11.8 Å². The Morgan fingerprint density at radius 2 is 1.73 bits per heavy atom. The lowest BCUT2D eigenvalue weighted by Crippen LogP contribution is -2.32. The molecule has 0 radical (unpaired) electrons. The van der Waals surface area contributed by atoms with Gasteiger partial charge < -0.3 is 10.2 Å². The van der Waals surface area contributed by atoms with Gasteiger partial charge in [-0.2, -0.15) is 0 Å². The van der Waals surface area contributed by atoms with Crippen LogP contribution in [0.15, 0.2) is 65.4 Å². The first kappa shape index (κ1) is 26.5. The highest BCUT2D eigenvalue weighted by Gasteiger charge is 2.19. The number of H-pyrrole nitrogens is 1. The third kappa shape index (κ3) is 7.01. The second kappa shape index (κ2) is 12.1. The summed E-state index contributed by atoms with van der Waals surface area (Å²) in [5, 5.41) is 17.6. The van der Waals surface area contributed by atoms with E-state index in [0.717, 1.165) is 51.2 Å². The predicted octanol–water partition coefficient (Wildman–Crippen LogP) is 5.99. The van der Waals surface area contributed by atoms with Crippen molar-refractivity contribution in [3.05, 3.63) is 71.0 Å². The van der Waals surface area contributed by atoms with Gasteiger partial charge in [0, 0.05) is 35.5 Å². The summed E-state index contributed by atoms with van der Waals surface area (Å²) in [4.78, 5) is 19.8. The number of pyridine rings is 1. The zero-order chi connectivity index (χ0) is 26.4. The van der Waals surface area contributed by atoms with Crippen LogP contribution in [0.25, 0.3) is 22.5 Å². The van der Waals surface area contributed by atoms with Gasteiger partial charge >= 0.3 is 0 Å². The fraction of sp³-hybridized carbons (Fsp3) is 0.321. The summed E-state index contributed by atoms with van der Waals surface area (Å²) >= 11 is 3.44. The number of carbonyl (C=O) groups excluding carboxylic acids is 1. The number of benzene rings is 2. The topological polar surface area (TPSA) is 99.7 Å². The summed E-state index contributed by atoms with van der Waals surface area (Å²) in [5.41, 5.74) is 5.44. The highest BCUT2D eigenvalue weighted by molar-refractivity contribution is 9.10. The molecule has 0 unspecified atom stereocenters. The van der Waals surface area contributed by atoms with Gasteiger partial charge in [-0.05, 0) is 73.1 Å². The Balaban J connectivity index is 1.75. The summed E-state index contributed by atoms with van der Waals surface area (Å²) < 4.78 is 0.846. The molecular weight excluding hydrogens is 530 g/mol. The Morgan fingerprint density at radius 3 is 2.38 bits per heavy atom. The van der Waals surface area contributed by atoms with Crippen LogP contribution in [0.5, 0.6) is 0 Å². The Morgan fingerprint density at radius 1 is 1.00 bits per heavy atom. The Labute approximate surface area is 226 Å². The number of anilines is 2. The minimum absolute atomic E-state index is 0.0972. The SMILES string of the molecule is CC(C)CN(CC(C)C)c1ccc(-c2ccccc2-c2nnn[nH]2)cc1NC(=O)Cc1cncc(Br)c1. The van der Waals surface area contributed by atoms with Crippen LogP contribution in [-0.4, -0.2) is 44.6 Å².